The number of benzene rings is 1. The van der Waals surface area contributed by atoms with Crippen LogP contribution in [0.25, 0.3) is 0 Å². The zero-order valence-electron chi connectivity index (χ0n) is 20.2. The van der Waals surface area contributed by atoms with Crippen molar-refractivity contribution in [3.05, 3.63) is 54.1 Å². The van der Waals surface area contributed by atoms with Crippen molar-refractivity contribution in [2.24, 2.45) is 22.2 Å². The van der Waals surface area contributed by atoms with E-state index in [2.05, 4.69) is 30.9 Å². The number of nitrogens with one attached hydrogen (secondary N) is 4. The second-order valence-electron chi connectivity index (χ2n) is 8.26. The fraction of sp³-hybridized carbons (Fsp3) is 0.391. The molecule has 0 saturated carbocycles. The van der Waals surface area contributed by atoms with E-state index >= 15 is 0 Å². The van der Waals surface area contributed by atoms with Gasteiger partial charge >= 0.3 is 5.97 Å². The molecule has 2 rings (SSSR count). The average molecular weight is 516 g/mol. The standard InChI is InChI=1S/C23H33N9O5/c24-16(7-4-8-28-23(25)26)20(34)29-12-19(33)31-17(10-15-11-27-13-30-15)21(35)32-18(22(36)37)9-14-5-2-1-3-6-14/h1-3,5-6,11,13,16-18H,4,7-10,12,24H2,(H,27,30)(H,29,34)(H,31,33)(H,32,35)(H,36,37)(H4,25,26,28). The Labute approximate surface area is 213 Å². The Kier molecular flexibility index (Phi) is 11.5. The number of nitrogens with zero attached hydrogens (tertiary/aromatic N) is 2. The fourth-order valence-electron chi connectivity index (χ4n) is 3.34. The van der Waals surface area contributed by atoms with Crippen molar-refractivity contribution in [1.82, 2.24) is 25.9 Å². The molecule has 1 aromatic carbocycles. The Bertz CT molecular complexity index is 1060. The Morgan fingerprint density at radius 2 is 1.76 bits per heavy atom. The Morgan fingerprint density at radius 1 is 1.03 bits per heavy atom. The Hall–Kier alpha value is -4.46. The van der Waals surface area contributed by atoms with E-state index in [-0.39, 0.29) is 18.8 Å². The number of imidazole rings is 1. The molecule has 0 saturated heterocycles. The number of H-pyrrole nitrogens is 1. The van der Waals surface area contributed by atoms with E-state index in [4.69, 9.17) is 17.2 Å². The van der Waals surface area contributed by atoms with Crippen LogP contribution < -0.4 is 33.2 Å². The van der Waals surface area contributed by atoms with Crippen LogP contribution in [0.3, 0.4) is 0 Å². The first-order valence-corrected chi connectivity index (χ1v) is 11.6. The molecular formula is C23H33N9O5. The van der Waals surface area contributed by atoms with Gasteiger partial charge in [0.05, 0.1) is 18.9 Å². The fourth-order valence-corrected chi connectivity index (χ4v) is 3.34. The zero-order chi connectivity index (χ0) is 27.2. The van der Waals surface area contributed by atoms with Gasteiger partial charge in [-0.1, -0.05) is 30.3 Å². The third-order valence-electron chi connectivity index (χ3n) is 5.26. The number of guanidine groups is 1. The number of amides is 3. The summed E-state index contributed by atoms with van der Waals surface area (Å²) in [6.07, 6.45) is 3.74. The van der Waals surface area contributed by atoms with E-state index in [0.717, 1.165) is 5.56 Å². The monoisotopic (exact) mass is 515 g/mol. The second kappa shape index (κ2) is 14.8. The van der Waals surface area contributed by atoms with E-state index in [1.807, 2.05) is 0 Å². The molecule has 3 amide bonds. The lowest BCUT2D eigenvalue weighted by Gasteiger charge is -2.21. The minimum absolute atomic E-state index is 0.0213. The lowest BCUT2D eigenvalue weighted by atomic mass is 10.0. The van der Waals surface area contributed by atoms with Gasteiger partial charge in [-0.2, -0.15) is 0 Å². The molecule has 0 aliphatic rings. The van der Waals surface area contributed by atoms with Crippen molar-refractivity contribution >= 4 is 29.7 Å². The SMILES string of the molecule is NC(N)=NCCCC(N)C(=O)NCC(=O)NC(Cc1cnc[nH]1)C(=O)NC(Cc1ccccc1)C(=O)O. The number of carbonyl (C=O) groups excluding carboxylic acids is 3. The summed E-state index contributed by atoms with van der Waals surface area (Å²) in [6.45, 7) is -0.116. The number of aliphatic carboxylic acids is 1. The van der Waals surface area contributed by atoms with Crippen molar-refractivity contribution < 1.29 is 24.3 Å². The summed E-state index contributed by atoms with van der Waals surface area (Å²) in [7, 11) is 0. The van der Waals surface area contributed by atoms with Gasteiger partial charge in [0.15, 0.2) is 5.96 Å². The molecule has 14 heteroatoms. The summed E-state index contributed by atoms with van der Waals surface area (Å²) in [5, 5.41) is 17.0. The normalized spacial score (nSPS) is 13.0. The van der Waals surface area contributed by atoms with Crippen molar-refractivity contribution in [3.63, 3.8) is 0 Å². The van der Waals surface area contributed by atoms with Gasteiger partial charge in [0.25, 0.3) is 0 Å². The van der Waals surface area contributed by atoms with Gasteiger partial charge in [-0.05, 0) is 18.4 Å². The molecule has 0 aliphatic carbocycles. The summed E-state index contributed by atoms with van der Waals surface area (Å²) in [5.41, 5.74) is 17.6. The highest BCUT2D eigenvalue weighted by Gasteiger charge is 2.27. The van der Waals surface area contributed by atoms with E-state index in [9.17, 15) is 24.3 Å². The van der Waals surface area contributed by atoms with Crippen LogP contribution in [-0.2, 0) is 32.0 Å². The van der Waals surface area contributed by atoms with Crippen LogP contribution in [0.1, 0.15) is 24.1 Å². The molecule has 37 heavy (non-hydrogen) atoms. The minimum atomic E-state index is -1.22. The predicted octanol–water partition coefficient (Wildman–Crippen LogP) is -2.25. The van der Waals surface area contributed by atoms with Crippen LogP contribution in [0.15, 0.2) is 47.8 Å². The molecule has 0 spiro atoms. The van der Waals surface area contributed by atoms with Crippen molar-refractivity contribution in [2.45, 2.75) is 43.8 Å². The van der Waals surface area contributed by atoms with E-state index < -0.39 is 48.4 Å². The molecule has 11 N–H and O–H groups in total. The molecule has 3 atom stereocenters. The Balaban J connectivity index is 1.95. The molecular weight excluding hydrogens is 482 g/mol. The highest BCUT2D eigenvalue weighted by Crippen LogP contribution is 2.05. The van der Waals surface area contributed by atoms with E-state index in [1.165, 1.54) is 12.5 Å². The average Bonchev–Trinajstić information content (AvgIpc) is 3.37. The molecule has 1 heterocycles. The molecule has 14 nitrogen and oxygen atoms in total. The maximum atomic E-state index is 13.0. The van der Waals surface area contributed by atoms with Gasteiger partial charge in [-0.3, -0.25) is 19.4 Å². The molecule has 0 bridgehead atoms. The number of aromatic nitrogens is 2. The van der Waals surface area contributed by atoms with E-state index in [1.54, 1.807) is 30.3 Å². The van der Waals surface area contributed by atoms with E-state index in [0.29, 0.717) is 25.1 Å². The number of aliphatic imine (C=N–C) groups is 1. The molecule has 0 aliphatic heterocycles. The molecule has 1 aromatic heterocycles. The molecule has 200 valence electrons. The van der Waals surface area contributed by atoms with Gasteiger partial charge < -0.3 is 43.2 Å². The van der Waals surface area contributed by atoms with Crippen molar-refractivity contribution in [3.8, 4) is 0 Å². The lowest BCUT2D eigenvalue weighted by molar-refractivity contribution is -0.142. The van der Waals surface area contributed by atoms with Crippen LogP contribution in [0, 0.1) is 0 Å². The third-order valence-corrected chi connectivity index (χ3v) is 5.26. The number of hydrogen-bond acceptors (Lipinski definition) is 7. The molecule has 0 fully saturated rings. The predicted molar refractivity (Wildman–Crippen MR) is 135 cm³/mol. The van der Waals surface area contributed by atoms with Crippen LogP contribution >= 0.6 is 0 Å². The largest absolute Gasteiger partial charge is 0.480 e. The van der Waals surface area contributed by atoms with Crippen molar-refractivity contribution in [2.75, 3.05) is 13.1 Å². The number of aromatic amines is 1. The zero-order valence-corrected chi connectivity index (χ0v) is 20.2. The number of carbonyl (C=O) groups is 4. The quantitative estimate of drug-likeness (QED) is 0.0724. The van der Waals surface area contributed by atoms with Gasteiger partial charge in [-0.15, -0.1) is 0 Å². The first-order valence-electron chi connectivity index (χ1n) is 11.6. The van der Waals surface area contributed by atoms with Crippen LogP contribution in [0.4, 0.5) is 0 Å². The maximum Gasteiger partial charge on any atom is 0.326 e. The van der Waals surface area contributed by atoms with Crippen LogP contribution in [0.5, 0.6) is 0 Å². The summed E-state index contributed by atoms with van der Waals surface area (Å²) in [4.78, 5) is 60.0. The van der Waals surface area contributed by atoms with Gasteiger partial charge in [0.2, 0.25) is 17.7 Å². The second-order valence-corrected chi connectivity index (χ2v) is 8.26. The lowest BCUT2D eigenvalue weighted by Crippen LogP contribution is -2.55. The topological polar surface area (TPSA) is 244 Å². The maximum absolute atomic E-state index is 13.0. The summed E-state index contributed by atoms with van der Waals surface area (Å²) < 4.78 is 0. The Morgan fingerprint density at radius 3 is 2.38 bits per heavy atom. The third kappa shape index (κ3) is 10.8. The number of hydrogen-bond donors (Lipinski definition) is 8. The number of carboxylic acid groups (broad SMARTS) is 1. The number of nitrogens with two attached hydrogens (primary N) is 3. The van der Waals surface area contributed by atoms with Gasteiger partial charge in [0.1, 0.15) is 12.1 Å². The number of rotatable bonds is 15. The smallest absolute Gasteiger partial charge is 0.326 e. The number of carboxylic acids is 1. The van der Waals surface area contributed by atoms with Crippen LogP contribution in [0.2, 0.25) is 0 Å². The summed E-state index contributed by atoms with van der Waals surface area (Å²) in [5.74, 6) is -3.18. The van der Waals surface area contributed by atoms with Crippen LogP contribution in [-0.4, -0.2) is 75.9 Å². The minimum Gasteiger partial charge on any atom is -0.480 e. The summed E-state index contributed by atoms with van der Waals surface area (Å²) >= 11 is 0. The highest BCUT2D eigenvalue weighted by atomic mass is 16.4. The molecule has 3 unspecified atom stereocenters. The summed E-state index contributed by atoms with van der Waals surface area (Å²) in [6, 6.07) is 5.61. The molecule has 2 aromatic rings. The highest BCUT2D eigenvalue weighted by molar-refractivity contribution is 5.92. The first-order chi connectivity index (χ1) is 17.7. The van der Waals surface area contributed by atoms with Gasteiger partial charge in [0, 0.05) is 31.3 Å². The molecule has 0 radical (unpaired) electrons. The van der Waals surface area contributed by atoms with Crippen molar-refractivity contribution in [1.29, 1.82) is 0 Å². The first kappa shape index (κ1) is 28.8. The van der Waals surface area contributed by atoms with Gasteiger partial charge in [-0.25, -0.2) is 9.78 Å².